The molecule has 0 bridgehead atoms. The third kappa shape index (κ3) is 1.46. The number of nitrogens with zero attached hydrogens (tertiary/aromatic N) is 2. The minimum atomic E-state index is -0.754. The standard InChI is InChI=1S/C8H8N2O3/c1-5(11)7-9-10-8(13-7)6-3-2-4-12-6/h2-5,11H,1H3. The largest absolute Gasteiger partial charge is 0.459 e. The molecule has 0 aliphatic rings. The second-order valence-electron chi connectivity index (χ2n) is 2.60. The smallest absolute Gasteiger partial charge is 0.283 e. The first-order valence-electron chi connectivity index (χ1n) is 3.82. The van der Waals surface area contributed by atoms with Gasteiger partial charge in [0.15, 0.2) is 5.76 Å². The zero-order valence-corrected chi connectivity index (χ0v) is 6.97. The Hall–Kier alpha value is -1.62. The summed E-state index contributed by atoms with van der Waals surface area (Å²) < 4.78 is 10.2. The maximum Gasteiger partial charge on any atom is 0.283 e. The molecule has 0 aliphatic carbocycles. The first-order chi connectivity index (χ1) is 6.27. The van der Waals surface area contributed by atoms with Crippen molar-refractivity contribution in [1.29, 1.82) is 0 Å². The van der Waals surface area contributed by atoms with E-state index >= 15 is 0 Å². The van der Waals surface area contributed by atoms with E-state index in [1.165, 1.54) is 6.26 Å². The van der Waals surface area contributed by atoms with E-state index in [2.05, 4.69) is 10.2 Å². The lowest BCUT2D eigenvalue weighted by molar-refractivity contribution is 0.163. The molecule has 1 unspecified atom stereocenters. The first-order valence-corrected chi connectivity index (χ1v) is 3.82. The van der Waals surface area contributed by atoms with Gasteiger partial charge >= 0.3 is 0 Å². The number of aromatic nitrogens is 2. The summed E-state index contributed by atoms with van der Waals surface area (Å²) in [5.74, 6) is 0.965. The maximum atomic E-state index is 9.11. The maximum absolute atomic E-state index is 9.11. The van der Waals surface area contributed by atoms with E-state index in [-0.39, 0.29) is 11.8 Å². The highest BCUT2D eigenvalue weighted by atomic mass is 16.4. The summed E-state index contributed by atoms with van der Waals surface area (Å²) in [6, 6.07) is 3.43. The fourth-order valence-electron chi connectivity index (χ4n) is 0.903. The van der Waals surface area contributed by atoms with Crippen LogP contribution in [0, 0.1) is 0 Å². The minimum Gasteiger partial charge on any atom is -0.459 e. The molecule has 0 aliphatic heterocycles. The third-order valence-electron chi connectivity index (χ3n) is 1.53. The number of aliphatic hydroxyl groups is 1. The van der Waals surface area contributed by atoms with E-state index < -0.39 is 6.10 Å². The van der Waals surface area contributed by atoms with Gasteiger partial charge < -0.3 is 13.9 Å². The van der Waals surface area contributed by atoms with Gasteiger partial charge in [-0.05, 0) is 19.1 Å². The first kappa shape index (κ1) is 8.00. The van der Waals surface area contributed by atoms with Gasteiger partial charge in [-0.25, -0.2) is 0 Å². The van der Waals surface area contributed by atoms with Crippen LogP contribution in [0.4, 0.5) is 0 Å². The molecule has 2 aromatic rings. The van der Waals surface area contributed by atoms with Crippen LogP contribution in [0.2, 0.25) is 0 Å². The molecule has 0 saturated carbocycles. The Kier molecular flexibility index (Phi) is 1.86. The molecule has 0 amide bonds. The molecule has 68 valence electrons. The van der Waals surface area contributed by atoms with E-state index in [1.54, 1.807) is 19.1 Å². The van der Waals surface area contributed by atoms with Crippen LogP contribution in [0.15, 0.2) is 27.2 Å². The monoisotopic (exact) mass is 180 g/mol. The molecule has 0 spiro atoms. The van der Waals surface area contributed by atoms with Crippen LogP contribution in [0.1, 0.15) is 18.9 Å². The number of rotatable bonds is 2. The van der Waals surface area contributed by atoms with Gasteiger partial charge in [0.05, 0.1) is 6.26 Å². The van der Waals surface area contributed by atoms with E-state index in [0.29, 0.717) is 5.76 Å². The Labute approximate surface area is 74.0 Å². The summed E-state index contributed by atoms with van der Waals surface area (Å²) >= 11 is 0. The van der Waals surface area contributed by atoms with E-state index in [4.69, 9.17) is 13.9 Å². The molecule has 1 atom stereocenters. The summed E-state index contributed by atoms with van der Waals surface area (Å²) in [4.78, 5) is 0. The van der Waals surface area contributed by atoms with Crippen molar-refractivity contribution >= 4 is 0 Å². The highest BCUT2D eigenvalue weighted by molar-refractivity contribution is 5.42. The Balaban J connectivity index is 2.33. The van der Waals surface area contributed by atoms with Crippen molar-refractivity contribution in [2.24, 2.45) is 0 Å². The zero-order valence-electron chi connectivity index (χ0n) is 6.97. The Morgan fingerprint density at radius 3 is 2.85 bits per heavy atom. The van der Waals surface area contributed by atoms with Gasteiger partial charge in [0.2, 0.25) is 5.89 Å². The van der Waals surface area contributed by atoms with Gasteiger partial charge in [-0.1, -0.05) is 0 Å². The van der Waals surface area contributed by atoms with Crippen LogP contribution >= 0.6 is 0 Å². The van der Waals surface area contributed by atoms with E-state index in [1.807, 2.05) is 0 Å². The molecule has 1 N–H and O–H groups in total. The lowest BCUT2D eigenvalue weighted by Crippen LogP contribution is -1.89. The molecule has 2 aromatic heterocycles. The summed E-state index contributed by atoms with van der Waals surface area (Å²) in [5, 5.41) is 16.5. The lowest BCUT2D eigenvalue weighted by atomic mass is 10.4. The van der Waals surface area contributed by atoms with Crippen LogP contribution in [0.25, 0.3) is 11.7 Å². The molecule has 5 heteroatoms. The number of aliphatic hydroxyl groups excluding tert-OH is 1. The van der Waals surface area contributed by atoms with Crippen molar-refractivity contribution < 1.29 is 13.9 Å². The van der Waals surface area contributed by atoms with Crippen molar-refractivity contribution in [2.45, 2.75) is 13.0 Å². The molecule has 13 heavy (non-hydrogen) atoms. The molecule has 0 fully saturated rings. The van der Waals surface area contributed by atoms with Crippen molar-refractivity contribution in [2.75, 3.05) is 0 Å². The van der Waals surface area contributed by atoms with E-state index in [0.717, 1.165) is 0 Å². The van der Waals surface area contributed by atoms with Gasteiger partial charge in [-0.2, -0.15) is 0 Å². The van der Waals surface area contributed by atoms with Crippen molar-refractivity contribution in [1.82, 2.24) is 10.2 Å². The predicted octanol–water partition coefficient (Wildman–Crippen LogP) is 1.38. The summed E-state index contributed by atoms with van der Waals surface area (Å²) in [7, 11) is 0. The fraction of sp³-hybridized carbons (Fsp3) is 0.250. The van der Waals surface area contributed by atoms with Gasteiger partial charge in [-0.3, -0.25) is 0 Å². The van der Waals surface area contributed by atoms with Gasteiger partial charge in [0, 0.05) is 0 Å². The van der Waals surface area contributed by atoms with Gasteiger partial charge in [-0.15, -0.1) is 10.2 Å². The number of hydrogen-bond donors (Lipinski definition) is 1. The Bertz CT molecular complexity index is 378. The summed E-state index contributed by atoms with van der Waals surface area (Å²) in [6.45, 7) is 1.55. The highest BCUT2D eigenvalue weighted by Crippen LogP contribution is 2.20. The quantitative estimate of drug-likeness (QED) is 0.755. The van der Waals surface area contributed by atoms with Gasteiger partial charge in [0.1, 0.15) is 6.10 Å². The Morgan fingerprint density at radius 1 is 1.46 bits per heavy atom. The van der Waals surface area contributed by atoms with Crippen molar-refractivity contribution in [3.05, 3.63) is 24.3 Å². The number of hydrogen-bond acceptors (Lipinski definition) is 5. The number of furan rings is 1. The summed E-state index contributed by atoms with van der Waals surface area (Å²) in [5.41, 5.74) is 0. The van der Waals surface area contributed by atoms with Crippen LogP contribution in [-0.4, -0.2) is 15.3 Å². The van der Waals surface area contributed by atoms with Crippen LogP contribution < -0.4 is 0 Å². The molecule has 2 heterocycles. The lowest BCUT2D eigenvalue weighted by Gasteiger charge is -1.92. The van der Waals surface area contributed by atoms with Crippen LogP contribution in [0.5, 0.6) is 0 Å². The van der Waals surface area contributed by atoms with Crippen LogP contribution in [0.3, 0.4) is 0 Å². The summed E-state index contributed by atoms with van der Waals surface area (Å²) in [6.07, 6.45) is 0.762. The predicted molar refractivity (Wildman–Crippen MR) is 42.6 cm³/mol. The topological polar surface area (TPSA) is 72.3 Å². The molecular weight excluding hydrogens is 172 g/mol. The van der Waals surface area contributed by atoms with E-state index in [9.17, 15) is 0 Å². The van der Waals surface area contributed by atoms with Crippen molar-refractivity contribution in [3.63, 3.8) is 0 Å². The average molecular weight is 180 g/mol. The highest BCUT2D eigenvalue weighted by Gasteiger charge is 2.13. The molecular formula is C8H8N2O3. The fourth-order valence-corrected chi connectivity index (χ4v) is 0.903. The molecule has 0 radical (unpaired) electrons. The van der Waals surface area contributed by atoms with Crippen molar-refractivity contribution in [3.8, 4) is 11.7 Å². The Morgan fingerprint density at radius 2 is 2.31 bits per heavy atom. The SMILES string of the molecule is CC(O)c1nnc(-c2ccco2)o1. The normalized spacial score (nSPS) is 13.1. The molecule has 0 aromatic carbocycles. The van der Waals surface area contributed by atoms with Gasteiger partial charge in [0.25, 0.3) is 5.89 Å². The second-order valence-corrected chi connectivity index (χ2v) is 2.60. The average Bonchev–Trinajstić information content (AvgIpc) is 2.75. The molecule has 0 saturated heterocycles. The molecule has 5 nitrogen and oxygen atoms in total. The zero-order chi connectivity index (χ0) is 9.26. The second kappa shape index (κ2) is 3.02. The third-order valence-corrected chi connectivity index (χ3v) is 1.53. The minimum absolute atomic E-state index is 0.186. The molecule has 2 rings (SSSR count). The van der Waals surface area contributed by atoms with Crippen LogP contribution in [-0.2, 0) is 0 Å².